The van der Waals surface area contributed by atoms with Crippen molar-refractivity contribution in [2.75, 3.05) is 5.32 Å². The molecular weight excluding hydrogens is 274 g/mol. The number of carbonyl (C=O) groups is 1. The van der Waals surface area contributed by atoms with Crippen LogP contribution in [0.5, 0.6) is 5.75 Å². The number of amides is 1. The number of nitrogens with one attached hydrogen (secondary N) is 1. The van der Waals surface area contributed by atoms with E-state index in [9.17, 15) is 9.90 Å². The maximum atomic E-state index is 12.2. The molecule has 0 spiro atoms. The standard InChI is InChI=1S/C19H23NO2/c1-2-3-4-5-8-15-11-13-16(14-12-15)19(22)20-17-9-6-7-10-18(17)21/h6-7,9-14,21H,2-5,8H2,1H3,(H,20,22). The number of para-hydroxylation sites is 2. The van der Waals surface area contributed by atoms with Gasteiger partial charge in [0.1, 0.15) is 5.75 Å². The molecule has 0 aliphatic carbocycles. The van der Waals surface area contributed by atoms with Gasteiger partial charge in [0.15, 0.2) is 0 Å². The minimum atomic E-state index is -0.209. The van der Waals surface area contributed by atoms with Crippen LogP contribution in [0.25, 0.3) is 0 Å². The maximum absolute atomic E-state index is 12.2. The summed E-state index contributed by atoms with van der Waals surface area (Å²) in [6, 6.07) is 14.4. The summed E-state index contributed by atoms with van der Waals surface area (Å²) in [5.74, 6) is -0.137. The molecule has 0 radical (unpaired) electrons. The van der Waals surface area contributed by atoms with Gasteiger partial charge in [-0.25, -0.2) is 0 Å². The molecule has 0 aliphatic heterocycles. The van der Waals surface area contributed by atoms with Gasteiger partial charge in [0.25, 0.3) is 5.91 Å². The second-order valence-electron chi connectivity index (χ2n) is 5.48. The monoisotopic (exact) mass is 297 g/mol. The molecule has 3 nitrogen and oxygen atoms in total. The van der Waals surface area contributed by atoms with Crippen LogP contribution < -0.4 is 5.32 Å². The Bertz CT molecular complexity index is 605. The van der Waals surface area contributed by atoms with E-state index in [4.69, 9.17) is 0 Å². The van der Waals surface area contributed by atoms with E-state index < -0.39 is 0 Å². The van der Waals surface area contributed by atoms with Gasteiger partial charge in [-0.15, -0.1) is 0 Å². The average Bonchev–Trinajstić information content (AvgIpc) is 2.54. The minimum Gasteiger partial charge on any atom is -0.506 e. The number of benzene rings is 2. The third-order valence-electron chi connectivity index (χ3n) is 3.69. The second-order valence-corrected chi connectivity index (χ2v) is 5.48. The Balaban J connectivity index is 1.92. The smallest absolute Gasteiger partial charge is 0.255 e. The Kier molecular flexibility index (Phi) is 6.01. The van der Waals surface area contributed by atoms with Crippen LogP contribution in [-0.2, 0) is 6.42 Å². The molecule has 0 heterocycles. The van der Waals surface area contributed by atoms with E-state index >= 15 is 0 Å². The van der Waals surface area contributed by atoms with Gasteiger partial charge in [-0.2, -0.15) is 0 Å². The van der Waals surface area contributed by atoms with Gasteiger partial charge in [0.2, 0.25) is 0 Å². The summed E-state index contributed by atoms with van der Waals surface area (Å²) in [6.07, 6.45) is 6.02. The molecular formula is C19H23NO2. The summed E-state index contributed by atoms with van der Waals surface area (Å²) in [5.41, 5.74) is 2.28. The van der Waals surface area contributed by atoms with Gasteiger partial charge in [0.05, 0.1) is 5.69 Å². The number of aryl methyl sites for hydroxylation is 1. The van der Waals surface area contributed by atoms with Crippen molar-refractivity contribution in [2.24, 2.45) is 0 Å². The molecule has 2 rings (SSSR count). The molecule has 0 saturated carbocycles. The molecule has 0 saturated heterocycles. The predicted octanol–water partition coefficient (Wildman–Crippen LogP) is 4.77. The van der Waals surface area contributed by atoms with Crippen molar-refractivity contribution in [2.45, 2.75) is 39.0 Å². The van der Waals surface area contributed by atoms with Crippen LogP contribution in [0.2, 0.25) is 0 Å². The molecule has 0 unspecified atom stereocenters. The molecule has 0 atom stereocenters. The number of phenolic OH excluding ortho intramolecular Hbond substituents is 1. The van der Waals surface area contributed by atoms with E-state index in [1.807, 2.05) is 24.3 Å². The lowest BCUT2D eigenvalue weighted by Gasteiger charge is -2.08. The minimum absolute atomic E-state index is 0.0726. The summed E-state index contributed by atoms with van der Waals surface area (Å²) in [6.45, 7) is 2.21. The quantitative estimate of drug-likeness (QED) is 0.571. The fraction of sp³-hybridized carbons (Fsp3) is 0.316. The number of hydrogen-bond acceptors (Lipinski definition) is 2. The molecule has 116 valence electrons. The van der Waals surface area contributed by atoms with Crippen LogP contribution in [0, 0.1) is 0 Å². The van der Waals surface area contributed by atoms with Crippen molar-refractivity contribution in [3.05, 3.63) is 59.7 Å². The first-order valence-electron chi connectivity index (χ1n) is 7.89. The Hall–Kier alpha value is -2.29. The molecule has 0 aliphatic rings. The summed E-state index contributed by atoms with van der Waals surface area (Å²) in [4.78, 5) is 12.2. The molecule has 22 heavy (non-hydrogen) atoms. The molecule has 0 aromatic heterocycles. The van der Waals surface area contributed by atoms with Crippen molar-refractivity contribution in [1.29, 1.82) is 0 Å². The third kappa shape index (κ3) is 4.62. The normalized spacial score (nSPS) is 10.4. The Morgan fingerprint density at radius 1 is 1.00 bits per heavy atom. The van der Waals surface area contributed by atoms with E-state index in [1.165, 1.54) is 31.2 Å². The summed E-state index contributed by atoms with van der Waals surface area (Å²) in [5, 5.41) is 12.4. The van der Waals surface area contributed by atoms with E-state index in [0.29, 0.717) is 11.3 Å². The van der Waals surface area contributed by atoms with Crippen LogP contribution in [0.4, 0.5) is 5.69 Å². The largest absolute Gasteiger partial charge is 0.506 e. The Morgan fingerprint density at radius 3 is 2.41 bits per heavy atom. The lowest BCUT2D eigenvalue weighted by Crippen LogP contribution is -2.11. The molecule has 0 bridgehead atoms. The second kappa shape index (κ2) is 8.23. The molecule has 2 aromatic rings. The highest BCUT2D eigenvalue weighted by Crippen LogP contribution is 2.22. The number of carbonyl (C=O) groups excluding carboxylic acids is 1. The van der Waals surface area contributed by atoms with Crippen LogP contribution >= 0.6 is 0 Å². The summed E-state index contributed by atoms with van der Waals surface area (Å²) in [7, 11) is 0. The van der Waals surface area contributed by atoms with Gasteiger partial charge in [0, 0.05) is 5.56 Å². The molecule has 3 heteroatoms. The maximum Gasteiger partial charge on any atom is 0.255 e. The van der Waals surface area contributed by atoms with E-state index in [1.54, 1.807) is 24.3 Å². The Labute approximate surface area is 132 Å². The summed E-state index contributed by atoms with van der Waals surface area (Å²) >= 11 is 0. The van der Waals surface area contributed by atoms with Gasteiger partial charge >= 0.3 is 0 Å². The van der Waals surface area contributed by atoms with Crippen molar-refractivity contribution < 1.29 is 9.90 Å². The predicted molar refractivity (Wildman–Crippen MR) is 90.3 cm³/mol. The number of rotatable bonds is 7. The van der Waals surface area contributed by atoms with Crippen molar-refractivity contribution >= 4 is 11.6 Å². The summed E-state index contributed by atoms with van der Waals surface area (Å²) < 4.78 is 0. The lowest BCUT2D eigenvalue weighted by molar-refractivity contribution is 0.102. The highest BCUT2D eigenvalue weighted by molar-refractivity contribution is 6.04. The fourth-order valence-corrected chi connectivity index (χ4v) is 2.35. The number of aromatic hydroxyl groups is 1. The molecule has 1 amide bonds. The number of hydrogen-bond donors (Lipinski definition) is 2. The first-order chi connectivity index (χ1) is 10.7. The first kappa shape index (κ1) is 16.1. The van der Waals surface area contributed by atoms with Crippen molar-refractivity contribution in [3.8, 4) is 5.75 Å². The van der Waals surface area contributed by atoms with E-state index in [-0.39, 0.29) is 11.7 Å². The highest BCUT2D eigenvalue weighted by Gasteiger charge is 2.08. The van der Waals surface area contributed by atoms with Gasteiger partial charge in [-0.05, 0) is 42.7 Å². The number of unbranched alkanes of at least 4 members (excludes halogenated alkanes) is 3. The molecule has 2 aromatic carbocycles. The van der Waals surface area contributed by atoms with Gasteiger partial charge in [-0.3, -0.25) is 4.79 Å². The molecule has 2 N–H and O–H groups in total. The lowest BCUT2D eigenvalue weighted by atomic mass is 10.0. The first-order valence-corrected chi connectivity index (χ1v) is 7.89. The van der Waals surface area contributed by atoms with Crippen LogP contribution in [-0.4, -0.2) is 11.0 Å². The molecule has 0 fully saturated rings. The van der Waals surface area contributed by atoms with E-state index in [0.717, 1.165) is 6.42 Å². The SMILES string of the molecule is CCCCCCc1ccc(C(=O)Nc2ccccc2O)cc1. The zero-order valence-corrected chi connectivity index (χ0v) is 13.0. The highest BCUT2D eigenvalue weighted by atomic mass is 16.3. The number of phenols is 1. The topological polar surface area (TPSA) is 49.3 Å². The fourth-order valence-electron chi connectivity index (χ4n) is 2.35. The van der Waals surface area contributed by atoms with Gasteiger partial charge in [-0.1, -0.05) is 50.5 Å². The Morgan fingerprint density at radius 2 is 1.73 bits per heavy atom. The zero-order valence-electron chi connectivity index (χ0n) is 13.0. The van der Waals surface area contributed by atoms with Crippen molar-refractivity contribution in [3.63, 3.8) is 0 Å². The third-order valence-corrected chi connectivity index (χ3v) is 3.69. The van der Waals surface area contributed by atoms with Crippen LogP contribution in [0.15, 0.2) is 48.5 Å². The van der Waals surface area contributed by atoms with E-state index in [2.05, 4.69) is 12.2 Å². The average molecular weight is 297 g/mol. The van der Waals surface area contributed by atoms with Crippen LogP contribution in [0.1, 0.15) is 48.5 Å². The van der Waals surface area contributed by atoms with Crippen LogP contribution in [0.3, 0.4) is 0 Å². The van der Waals surface area contributed by atoms with Gasteiger partial charge < -0.3 is 10.4 Å². The zero-order chi connectivity index (χ0) is 15.8. The number of anilines is 1. The van der Waals surface area contributed by atoms with Crippen molar-refractivity contribution in [1.82, 2.24) is 0 Å².